The summed E-state index contributed by atoms with van der Waals surface area (Å²) in [6.07, 6.45) is 4.16. The average Bonchev–Trinajstić information content (AvgIpc) is 2.54. The highest BCUT2D eigenvalue weighted by Gasteiger charge is 2.46. The number of sulfone groups is 1. The van der Waals surface area contributed by atoms with E-state index in [2.05, 4.69) is 5.32 Å². The van der Waals surface area contributed by atoms with Gasteiger partial charge in [-0.1, -0.05) is 19.3 Å². The van der Waals surface area contributed by atoms with Crippen molar-refractivity contribution in [3.05, 3.63) is 18.2 Å². The Morgan fingerprint density at radius 1 is 1.19 bits per heavy atom. The summed E-state index contributed by atoms with van der Waals surface area (Å²) in [7, 11) is -2.02. The minimum Gasteiger partial charge on any atom is -0.497 e. The van der Waals surface area contributed by atoms with E-state index in [1.54, 1.807) is 12.1 Å². The maximum absolute atomic E-state index is 12.7. The molecule has 1 aromatic carbocycles. The quantitative estimate of drug-likeness (QED) is 0.864. The van der Waals surface area contributed by atoms with Gasteiger partial charge in [-0.05, 0) is 25.0 Å². The molecule has 1 heterocycles. The molecule has 1 aliphatic carbocycles. The number of anilines is 1. The molecule has 114 valence electrons. The lowest BCUT2D eigenvalue weighted by molar-refractivity contribution is -0.126. The van der Waals surface area contributed by atoms with Crippen LogP contribution in [0.4, 0.5) is 5.69 Å². The van der Waals surface area contributed by atoms with Gasteiger partial charge in [0.15, 0.2) is 9.84 Å². The zero-order chi connectivity index (χ0) is 15.1. The van der Waals surface area contributed by atoms with Crippen LogP contribution in [0, 0.1) is 5.41 Å². The Hall–Kier alpha value is -1.56. The molecular weight excluding hydrogens is 290 g/mol. The Morgan fingerprint density at radius 3 is 2.57 bits per heavy atom. The second kappa shape index (κ2) is 5.02. The van der Waals surface area contributed by atoms with Crippen LogP contribution in [-0.4, -0.2) is 27.2 Å². The lowest BCUT2D eigenvalue weighted by Crippen LogP contribution is -2.41. The van der Waals surface area contributed by atoms with Crippen molar-refractivity contribution in [1.82, 2.24) is 0 Å². The van der Waals surface area contributed by atoms with Gasteiger partial charge in [0.2, 0.25) is 5.91 Å². The number of carbonyl (C=O) groups is 1. The molecule has 1 spiro atoms. The van der Waals surface area contributed by atoms with E-state index in [4.69, 9.17) is 4.74 Å². The van der Waals surface area contributed by atoms with E-state index in [0.29, 0.717) is 24.3 Å². The van der Waals surface area contributed by atoms with Crippen LogP contribution in [-0.2, 0) is 14.6 Å². The predicted octanol–water partition coefficient (Wildman–Crippen LogP) is 2.37. The molecule has 0 unspecified atom stereocenters. The SMILES string of the molecule is COc1ccc2c(c1)S(=O)(=O)CC1(CCCCC1)C(=O)N2. The van der Waals surface area contributed by atoms with Crippen molar-refractivity contribution in [3.8, 4) is 5.75 Å². The predicted molar refractivity (Wildman–Crippen MR) is 79.2 cm³/mol. The molecule has 1 aliphatic heterocycles. The lowest BCUT2D eigenvalue weighted by Gasteiger charge is -2.33. The highest BCUT2D eigenvalue weighted by molar-refractivity contribution is 7.91. The molecule has 0 atom stereocenters. The van der Waals surface area contributed by atoms with Crippen LogP contribution in [0.25, 0.3) is 0 Å². The van der Waals surface area contributed by atoms with Crippen LogP contribution in [0.15, 0.2) is 23.1 Å². The molecule has 1 fully saturated rings. The average molecular weight is 309 g/mol. The molecule has 3 rings (SSSR count). The van der Waals surface area contributed by atoms with E-state index in [-0.39, 0.29) is 16.6 Å². The number of fused-ring (bicyclic) bond motifs is 1. The number of nitrogens with one attached hydrogen (secondary N) is 1. The van der Waals surface area contributed by atoms with Crippen LogP contribution in [0.3, 0.4) is 0 Å². The molecule has 2 aliphatic rings. The second-order valence-electron chi connectivity index (χ2n) is 5.92. The van der Waals surface area contributed by atoms with Crippen LogP contribution in [0.5, 0.6) is 5.75 Å². The smallest absolute Gasteiger partial charge is 0.231 e. The first-order valence-corrected chi connectivity index (χ1v) is 8.84. The highest BCUT2D eigenvalue weighted by Crippen LogP contribution is 2.43. The summed E-state index contributed by atoms with van der Waals surface area (Å²) in [6.45, 7) is 0. The second-order valence-corrected chi connectivity index (χ2v) is 7.87. The van der Waals surface area contributed by atoms with Gasteiger partial charge < -0.3 is 10.1 Å². The van der Waals surface area contributed by atoms with Crippen molar-refractivity contribution in [2.75, 3.05) is 18.2 Å². The molecule has 1 amide bonds. The Bertz CT molecular complexity index is 675. The van der Waals surface area contributed by atoms with Gasteiger partial charge in [-0.15, -0.1) is 0 Å². The summed E-state index contributed by atoms with van der Waals surface area (Å²) >= 11 is 0. The number of rotatable bonds is 1. The van der Waals surface area contributed by atoms with Gasteiger partial charge in [0, 0.05) is 6.07 Å². The fraction of sp³-hybridized carbons (Fsp3) is 0.533. The molecule has 0 aromatic heterocycles. The number of hydrogen-bond acceptors (Lipinski definition) is 4. The van der Waals surface area contributed by atoms with Crippen LogP contribution in [0.1, 0.15) is 32.1 Å². The third-order valence-corrected chi connectivity index (χ3v) is 6.47. The van der Waals surface area contributed by atoms with Gasteiger partial charge in [-0.2, -0.15) is 0 Å². The van der Waals surface area contributed by atoms with E-state index in [0.717, 1.165) is 19.3 Å². The van der Waals surface area contributed by atoms with E-state index >= 15 is 0 Å². The Balaban J connectivity index is 2.10. The topological polar surface area (TPSA) is 72.5 Å². The molecule has 5 nitrogen and oxygen atoms in total. The maximum atomic E-state index is 12.7. The fourth-order valence-electron chi connectivity index (χ4n) is 3.35. The molecule has 0 radical (unpaired) electrons. The zero-order valence-electron chi connectivity index (χ0n) is 12.0. The van der Waals surface area contributed by atoms with E-state index in [9.17, 15) is 13.2 Å². The Labute approximate surface area is 124 Å². The van der Waals surface area contributed by atoms with Crippen molar-refractivity contribution in [2.24, 2.45) is 5.41 Å². The van der Waals surface area contributed by atoms with Gasteiger partial charge in [0.05, 0.1) is 28.9 Å². The summed E-state index contributed by atoms with van der Waals surface area (Å²) in [6, 6.07) is 4.76. The molecule has 1 aromatic rings. The Kier molecular flexibility index (Phi) is 3.43. The summed E-state index contributed by atoms with van der Waals surface area (Å²) in [5.41, 5.74) is -0.410. The normalized spacial score (nSPS) is 23.0. The number of methoxy groups -OCH3 is 1. The first kappa shape index (κ1) is 14.4. The zero-order valence-corrected chi connectivity index (χ0v) is 12.8. The van der Waals surface area contributed by atoms with E-state index in [1.165, 1.54) is 13.2 Å². The minimum atomic E-state index is -3.52. The third-order valence-electron chi connectivity index (χ3n) is 4.53. The fourth-order valence-corrected chi connectivity index (χ4v) is 5.40. The molecule has 1 N–H and O–H groups in total. The van der Waals surface area contributed by atoms with Crippen LogP contribution >= 0.6 is 0 Å². The largest absolute Gasteiger partial charge is 0.497 e. The van der Waals surface area contributed by atoms with Crippen molar-refractivity contribution in [1.29, 1.82) is 0 Å². The lowest BCUT2D eigenvalue weighted by atomic mass is 9.75. The molecule has 0 saturated heterocycles. The minimum absolute atomic E-state index is 0.105. The van der Waals surface area contributed by atoms with Gasteiger partial charge >= 0.3 is 0 Å². The van der Waals surface area contributed by atoms with Gasteiger partial charge in [-0.25, -0.2) is 8.42 Å². The van der Waals surface area contributed by atoms with Crippen molar-refractivity contribution in [3.63, 3.8) is 0 Å². The maximum Gasteiger partial charge on any atom is 0.231 e. The Morgan fingerprint density at radius 2 is 1.90 bits per heavy atom. The molecule has 1 saturated carbocycles. The first-order chi connectivity index (χ1) is 9.97. The molecule has 6 heteroatoms. The third kappa shape index (κ3) is 2.41. The number of ether oxygens (including phenoxy) is 1. The summed E-state index contributed by atoms with van der Waals surface area (Å²) < 4.78 is 30.6. The number of carbonyl (C=O) groups excluding carboxylic acids is 1. The standard InChI is InChI=1S/C15H19NO4S/c1-20-11-5-6-12-13(9-11)21(18,19)10-15(14(17)16-12)7-3-2-4-8-15/h5-6,9H,2-4,7-8,10H2,1H3,(H,16,17). The van der Waals surface area contributed by atoms with Gasteiger partial charge in [0.1, 0.15) is 5.75 Å². The summed E-state index contributed by atoms with van der Waals surface area (Å²) in [4.78, 5) is 12.8. The van der Waals surface area contributed by atoms with E-state index < -0.39 is 15.3 Å². The number of hydrogen-bond donors (Lipinski definition) is 1. The van der Waals surface area contributed by atoms with Crippen LogP contribution in [0.2, 0.25) is 0 Å². The molecule has 21 heavy (non-hydrogen) atoms. The molecular formula is C15H19NO4S. The van der Waals surface area contributed by atoms with Crippen molar-refractivity contribution in [2.45, 2.75) is 37.0 Å². The van der Waals surface area contributed by atoms with E-state index in [1.807, 2.05) is 0 Å². The summed E-state index contributed by atoms with van der Waals surface area (Å²) in [5.74, 6) is 0.215. The molecule has 0 bridgehead atoms. The van der Waals surface area contributed by atoms with Gasteiger partial charge in [-0.3, -0.25) is 4.79 Å². The van der Waals surface area contributed by atoms with Crippen molar-refractivity contribution >= 4 is 21.4 Å². The first-order valence-electron chi connectivity index (χ1n) is 7.19. The highest BCUT2D eigenvalue weighted by atomic mass is 32.2. The van der Waals surface area contributed by atoms with Crippen LogP contribution < -0.4 is 10.1 Å². The number of amides is 1. The monoisotopic (exact) mass is 309 g/mol. The van der Waals surface area contributed by atoms with Gasteiger partial charge in [0.25, 0.3) is 0 Å². The summed E-state index contributed by atoms with van der Waals surface area (Å²) in [5, 5.41) is 2.82. The van der Waals surface area contributed by atoms with Crippen molar-refractivity contribution < 1.29 is 17.9 Å². The number of benzene rings is 1.